The summed E-state index contributed by atoms with van der Waals surface area (Å²) in [6, 6.07) is 13.6. The highest BCUT2D eigenvalue weighted by Crippen LogP contribution is 2.45. The van der Waals surface area contributed by atoms with Gasteiger partial charge in [0.25, 0.3) is 9.84 Å². The van der Waals surface area contributed by atoms with E-state index in [9.17, 15) is 17.2 Å². The maximum absolute atomic E-state index is 14.3. The first-order valence-electron chi connectivity index (χ1n) is 6.34. The highest BCUT2D eigenvalue weighted by Gasteiger charge is 2.47. The van der Waals surface area contributed by atoms with Crippen LogP contribution >= 0.6 is 11.8 Å². The fourth-order valence-electron chi connectivity index (χ4n) is 2.05. The molecule has 0 atom stereocenters. The van der Waals surface area contributed by atoms with Gasteiger partial charge in [-0.3, -0.25) is 0 Å². The quantitative estimate of drug-likeness (QED) is 0.722. The summed E-state index contributed by atoms with van der Waals surface area (Å²) in [7, 11) is -4.77. The first-order chi connectivity index (χ1) is 10.4. The predicted molar refractivity (Wildman–Crippen MR) is 82.7 cm³/mol. The first-order valence-corrected chi connectivity index (χ1v) is 8.64. The van der Waals surface area contributed by atoms with Crippen LogP contribution in [0.1, 0.15) is 0 Å². The Bertz CT molecular complexity index is 905. The molecule has 0 saturated heterocycles. The molecule has 1 heterocycles. The Morgan fingerprint density at radius 1 is 0.955 bits per heavy atom. The number of halogens is 2. The number of para-hydroxylation sites is 1. The number of nitrogens with one attached hydrogen (secondary N) is 1. The molecule has 114 valence electrons. The summed E-state index contributed by atoms with van der Waals surface area (Å²) in [5, 5.41) is 0.565. The molecular weight excluding hydrogens is 328 g/mol. The average molecular weight is 339 g/mol. The van der Waals surface area contributed by atoms with E-state index in [1.165, 1.54) is 30.5 Å². The zero-order valence-electron chi connectivity index (χ0n) is 11.2. The molecule has 0 fully saturated rings. The molecule has 0 spiro atoms. The molecule has 2 aromatic carbocycles. The van der Waals surface area contributed by atoms with Gasteiger partial charge in [-0.25, -0.2) is 8.42 Å². The van der Waals surface area contributed by atoms with Crippen LogP contribution in [0.25, 0.3) is 10.9 Å². The van der Waals surface area contributed by atoms with Gasteiger partial charge < -0.3 is 4.98 Å². The van der Waals surface area contributed by atoms with E-state index in [4.69, 9.17) is 0 Å². The molecule has 0 aliphatic carbocycles. The van der Waals surface area contributed by atoms with Crippen LogP contribution in [-0.4, -0.2) is 18.0 Å². The molecule has 7 heteroatoms. The molecule has 3 nitrogen and oxygen atoms in total. The standard InChI is InChI=1S/C15H11F2NO2S2/c16-15(17,22(19,20)11-6-2-1-3-7-11)21-14-10-18-13-9-5-4-8-12(13)14/h1-10,18H. The van der Waals surface area contributed by atoms with Gasteiger partial charge in [-0.05, 0) is 30.0 Å². The molecule has 3 rings (SSSR count). The van der Waals surface area contributed by atoms with Gasteiger partial charge in [-0.15, -0.1) is 0 Å². The SMILES string of the molecule is O=S(=O)(c1ccccc1)C(F)(F)Sc1c[nH]c2ccccc12. The molecule has 1 N–H and O–H groups in total. The number of fused-ring (bicyclic) bond motifs is 1. The van der Waals surface area contributed by atoms with Crippen molar-refractivity contribution >= 4 is 32.5 Å². The van der Waals surface area contributed by atoms with Crippen molar-refractivity contribution in [3.05, 3.63) is 60.8 Å². The number of rotatable bonds is 4. The summed E-state index contributed by atoms with van der Waals surface area (Å²) < 4.78 is 49.0. The van der Waals surface area contributed by atoms with E-state index in [0.29, 0.717) is 10.9 Å². The molecule has 0 amide bonds. The van der Waals surface area contributed by atoms with Crippen LogP contribution in [0.3, 0.4) is 0 Å². The van der Waals surface area contributed by atoms with E-state index >= 15 is 0 Å². The van der Waals surface area contributed by atoms with Crippen molar-refractivity contribution in [2.24, 2.45) is 0 Å². The van der Waals surface area contributed by atoms with Gasteiger partial charge in [-0.2, -0.15) is 8.78 Å². The number of sulfone groups is 1. The van der Waals surface area contributed by atoms with Crippen LogP contribution in [0.5, 0.6) is 0 Å². The monoisotopic (exact) mass is 339 g/mol. The minimum atomic E-state index is -4.77. The van der Waals surface area contributed by atoms with Gasteiger partial charge in [-0.1, -0.05) is 36.4 Å². The van der Waals surface area contributed by atoms with Crippen molar-refractivity contribution in [3.8, 4) is 0 Å². The van der Waals surface area contributed by atoms with Crippen LogP contribution in [0, 0.1) is 0 Å². The van der Waals surface area contributed by atoms with E-state index in [1.807, 2.05) is 0 Å². The zero-order chi connectivity index (χ0) is 15.8. The Labute approximate surface area is 130 Å². The van der Waals surface area contributed by atoms with Gasteiger partial charge in [0.1, 0.15) is 0 Å². The molecule has 0 radical (unpaired) electrons. The second kappa shape index (κ2) is 5.40. The topological polar surface area (TPSA) is 49.9 Å². The van der Waals surface area contributed by atoms with Crippen molar-refractivity contribution in [1.29, 1.82) is 0 Å². The summed E-state index contributed by atoms with van der Waals surface area (Å²) in [5.41, 5.74) is 0.679. The predicted octanol–water partition coefficient (Wildman–Crippen LogP) is 4.28. The Kier molecular flexibility index (Phi) is 3.70. The Morgan fingerprint density at radius 3 is 2.32 bits per heavy atom. The van der Waals surface area contributed by atoms with Gasteiger partial charge in [0.05, 0.1) is 4.90 Å². The van der Waals surface area contributed by atoms with E-state index in [-0.39, 0.29) is 16.7 Å². The smallest absolute Gasteiger partial charge is 0.360 e. The number of H-pyrrole nitrogens is 1. The molecule has 3 aromatic rings. The first kappa shape index (κ1) is 15.1. The Balaban J connectivity index is 2.00. The van der Waals surface area contributed by atoms with E-state index in [1.54, 1.807) is 30.3 Å². The normalized spacial score (nSPS) is 12.6. The number of hydrogen-bond donors (Lipinski definition) is 1. The average Bonchev–Trinajstić information content (AvgIpc) is 2.91. The minimum absolute atomic E-state index is 0.0313. The third-order valence-corrected chi connectivity index (χ3v) is 6.37. The lowest BCUT2D eigenvalue weighted by Gasteiger charge is -2.15. The lowest BCUT2D eigenvalue weighted by molar-refractivity contribution is 0.195. The fourth-order valence-corrected chi connectivity index (χ4v) is 4.50. The van der Waals surface area contributed by atoms with Crippen molar-refractivity contribution in [1.82, 2.24) is 4.98 Å². The third kappa shape index (κ3) is 2.50. The molecule has 0 saturated carbocycles. The summed E-state index contributed by atoms with van der Waals surface area (Å²) in [5.74, 6) is 0. The van der Waals surface area contributed by atoms with Crippen LogP contribution in [0.4, 0.5) is 8.78 Å². The summed E-state index contributed by atoms with van der Waals surface area (Å²) >= 11 is 0.0313. The van der Waals surface area contributed by atoms with Crippen LogP contribution in [-0.2, 0) is 9.84 Å². The van der Waals surface area contributed by atoms with E-state index < -0.39 is 19.3 Å². The molecule has 0 aliphatic heterocycles. The number of aromatic amines is 1. The molecule has 0 aliphatic rings. The number of thioether (sulfide) groups is 1. The summed E-state index contributed by atoms with van der Waals surface area (Å²) in [6.07, 6.45) is 1.39. The van der Waals surface area contributed by atoms with Crippen LogP contribution in [0.2, 0.25) is 0 Å². The molecular formula is C15H11F2NO2S2. The van der Waals surface area contributed by atoms with E-state index in [0.717, 1.165) is 0 Å². The number of benzene rings is 2. The van der Waals surface area contributed by atoms with Crippen molar-refractivity contribution in [2.45, 2.75) is 14.4 Å². The van der Waals surface area contributed by atoms with Crippen LogP contribution < -0.4 is 0 Å². The molecule has 0 unspecified atom stereocenters. The lowest BCUT2D eigenvalue weighted by atomic mass is 10.2. The van der Waals surface area contributed by atoms with Gasteiger partial charge >= 0.3 is 4.59 Å². The number of alkyl halides is 2. The number of hydrogen-bond acceptors (Lipinski definition) is 3. The van der Waals surface area contributed by atoms with Gasteiger partial charge in [0.2, 0.25) is 0 Å². The fraction of sp³-hybridized carbons (Fsp3) is 0.0667. The van der Waals surface area contributed by atoms with Crippen molar-refractivity contribution in [2.75, 3.05) is 0 Å². The van der Waals surface area contributed by atoms with Crippen molar-refractivity contribution in [3.63, 3.8) is 0 Å². The summed E-state index contributed by atoms with van der Waals surface area (Å²) in [6.45, 7) is 0. The maximum atomic E-state index is 14.3. The highest BCUT2D eigenvalue weighted by atomic mass is 32.3. The third-order valence-electron chi connectivity index (χ3n) is 3.15. The van der Waals surface area contributed by atoms with Gasteiger partial charge in [0.15, 0.2) is 0 Å². The Hall–Kier alpha value is -1.86. The van der Waals surface area contributed by atoms with E-state index in [2.05, 4.69) is 4.98 Å². The second-order valence-electron chi connectivity index (χ2n) is 4.58. The molecule has 0 bridgehead atoms. The Morgan fingerprint density at radius 2 is 1.59 bits per heavy atom. The molecule has 22 heavy (non-hydrogen) atoms. The maximum Gasteiger partial charge on any atom is 0.401 e. The second-order valence-corrected chi connectivity index (χ2v) is 7.99. The number of aromatic nitrogens is 1. The van der Waals surface area contributed by atoms with Crippen molar-refractivity contribution < 1.29 is 17.2 Å². The van der Waals surface area contributed by atoms with Gasteiger partial charge in [0, 0.05) is 22.0 Å². The highest BCUT2D eigenvalue weighted by molar-refractivity contribution is 8.14. The van der Waals surface area contributed by atoms with Crippen LogP contribution in [0.15, 0.2) is 70.6 Å². The minimum Gasteiger partial charge on any atom is -0.360 e. The zero-order valence-corrected chi connectivity index (χ0v) is 12.8. The molecule has 1 aromatic heterocycles. The largest absolute Gasteiger partial charge is 0.401 e. The lowest BCUT2D eigenvalue weighted by Crippen LogP contribution is -2.24. The summed E-state index contributed by atoms with van der Waals surface area (Å²) in [4.78, 5) is 2.65.